The van der Waals surface area contributed by atoms with Crippen molar-refractivity contribution in [3.63, 3.8) is 0 Å². The largest absolute Gasteiger partial charge is 0.459 e. The van der Waals surface area contributed by atoms with Crippen molar-refractivity contribution in [1.29, 1.82) is 0 Å². The summed E-state index contributed by atoms with van der Waals surface area (Å²) in [6.07, 6.45) is 9.20. The molecule has 0 saturated carbocycles. The van der Waals surface area contributed by atoms with Crippen molar-refractivity contribution < 1.29 is 14.2 Å². The molecule has 0 amide bonds. The molecule has 0 aliphatic carbocycles. The van der Waals surface area contributed by atoms with Gasteiger partial charge in [-0.25, -0.2) is 0 Å². The van der Waals surface area contributed by atoms with Crippen molar-refractivity contribution in [2.24, 2.45) is 0 Å². The van der Waals surface area contributed by atoms with Gasteiger partial charge in [-0.3, -0.25) is 0 Å². The predicted molar refractivity (Wildman–Crippen MR) is 63.8 cm³/mol. The fraction of sp³-hybridized carbons (Fsp3) is 0.692. The third kappa shape index (κ3) is 5.21. The van der Waals surface area contributed by atoms with Crippen molar-refractivity contribution in [2.45, 2.75) is 45.3 Å². The second-order valence-corrected chi connectivity index (χ2v) is 3.92. The standard InChI is InChI=1S/C13H22O3/c1-3-5-6-7-8-13-15-11-12(16-13)10-14-9-4-2/h4,11,13H,2-3,5-10H2,1H3. The lowest BCUT2D eigenvalue weighted by Crippen LogP contribution is -2.09. The van der Waals surface area contributed by atoms with E-state index in [-0.39, 0.29) is 6.29 Å². The van der Waals surface area contributed by atoms with Crippen LogP contribution < -0.4 is 0 Å². The zero-order valence-corrected chi connectivity index (χ0v) is 10.1. The van der Waals surface area contributed by atoms with Gasteiger partial charge in [-0.2, -0.15) is 0 Å². The molecule has 1 aliphatic rings. The lowest BCUT2D eigenvalue weighted by atomic mass is 10.1. The molecular weight excluding hydrogens is 204 g/mol. The number of unbranched alkanes of at least 4 members (excludes halogenated alkanes) is 3. The fourth-order valence-corrected chi connectivity index (χ4v) is 1.55. The summed E-state index contributed by atoms with van der Waals surface area (Å²) in [5.74, 6) is 0.780. The van der Waals surface area contributed by atoms with E-state index in [1.165, 1.54) is 19.3 Å². The van der Waals surface area contributed by atoms with Gasteiger partial charge < -0.3 is 14.2 Å². The van der Waals surface area contributed by atoms with E-state index in [0.717, 1.165) is 18.6 Å². The first-order chi connectivity index (χ1) is 7.86. The summed E-state index contributed by atoms with van der Waals surface area (Å²) in [6, 6.07) is 0. The van der Waals surface area contributed by atoms with Gasteiger partial charge in [0.1, 0.15) is 12.9 Å². The van der Waals surface area contributed by atoms with Crippen molar-refractivity contribution >= 4 is 0 Å². The Bertz CT molecular complexity index is 223. The van der Waals surface area contributed by atoms with E-state index in [1.54, 1.807) is 12.3 Å². The number of hydrogen-bond donors (Lipinski definition) is 0. The Morgan fingerprint density at radius 2 is 2.31 bits per heavy atom. The highest BCUT2D eigenvalue weighted by Crippen LogP contribution is 2.19. The summed E-state index contributed by atoms with van der Waals surface area (Å²) in [5, 5.41) is 0. The molecule has 1 heterocycles. The molecule has 0 bridgehead atoms. The summed E-state index contributed by atoms with van der Waals surface area (Å²) >= 11 is 0. The van der Waals surface area contributed by atoms with Crippen LogP contribution in [0.25, 0.3) is 0 Å². The van der Waals surface area contributed by atoms with Crippen LogP contribution in [0.1, 0.15) is 39.0 Å². The molecule has 92 valence electrons. The van der Waals surface area contributed by atoms with E-state index in [2.05, 4.69) is 13.5 Å². The average Bonchev–Trinajstić information content (AvgIpc) is 2.73. The molecule has 1 aliphatic heterocycles. The highest BCUT2D eigenvalue weighted by atomic mass is 16.7. The molecular formula is C13H22O3. The third-order valence-corrected chi connectivity index (χ3v) is 2.41. The second-order valence-electron chi connectivity index (χ2n) is 3.92. The first kappa shape index (κ1) is 13.1. The van der Waals surface area contributed by atoms with E-state index in [4.69, 9.17) is 14.2 Å². The molecule has 0 saturated heterocycles. The predicted octanol–water partition coefficient (Wildman–Crippen LogP) is 3.37. The van der Waals surface area contributed by atoms with Gasteiger partial charge in [-0.05, 0) is 6.42 Å². The summed E-state index contributed by atoms with van der Waals surface area (Å²) in [4.78, 5) is 0. The van der Waals surface area contributed by atoms with Crippen molar-refractivity contribution in [3.05, 3.63) is 24.7 Å². The topological polar surface area (TPSA) is 27.7 Å². The van der Waals surface area contributed by atoms with Crippen LogP contribution in [0.15, 0.2) is 24.7 Å². The highest BCUT2D eigenvalue weighted by molar-refractivity contribution is 4.92. The number of hydrogen-bond acceptors (Lipinski definition) is 3. The maximum Gasteiger partial charge on any atom is 0.240 e. The van der Waals surface area contributed by atoms with Crippen LogP contribution in [0.2, 0.25) is 0 Å². The molecule has 0 radical (unpaired) electrons. The zero-order valence-electron chi connectivity index (χ0n) is 10.1. The minimum atomic E-state index is -0.0980. The van der Waals surface area contributed by atoms with Crippen LogP contribution in [0, 0.1) is 0 Å². The van der Waals surface area contributed by atoms with E-state index in [9.17, 15) is 0 Å². The smallest absolute Gasteiger partial charge is 0.240 e. The third-order valence-electron chi connectivity index (χ3n) is 2.41. The number of rotatable bonds is 9. The van der Waals surface area contributed by atoms with Crippen molar-refractivity contribution in [1.82, 2.24) is 0 Å². The molecule has 1 rings (SSSR count). The van der Waals surface area contributed by atoms with Gasteiger partial charge in [0.05, 0.1) is 6.61 Å². The molecule has 0 fully saturated rings. The van der Waals surface area contributed by atoms with Gasteiger partial charge in [0, 0.05) is 6.42 Å². The Hall–Kier alpha value is -0.960. The summed E-state index contributed by atoms with van der Waals surface area (Å²) in [5.41, 5.74) is 0. The van der Waals surface area contributed by atoms with Crippen molar-refractivity contribution in [3.8, 4) is 0 Å². The van der Waals surface area contributed by atoms with E-state index in [0.29, 0.717) is 13.2 Å². The lowest BCUT2D eigenvalue weighted by molar-refractivity contribution is -0.0460. The molecule has 3 nitrogen and oxygen atoms in total. The van der Waals surface area contributed by atoms with Crippen LogP contribution in [-0.4, -0.2) is 19.5 Å². The SMILES string of the molecule is C=CCOCC1=COC(CCCCCC)O1. The Balaban J connectivity index is 2.01. The first-order valence-electron chi connectivity index (χ1n) is 6.06. The minimum Gasteiger partial charge on any atom is -0.459 e. The molecule has 0 aromatic carbocycles. The van der Waals surface area contributed by atoms with Crippen LogP contribution in [0.3, 0.4) is 0 Å². The highest BCUT2D eigenvalue weighted by Gasteiger charge is 2.18. The minimum absolute atomic E-state index is 0.0980. The quantitative estimate of drug-likeness (QED) is 0.445. The summed E-state index contributed by atoms with van der Waals surface area (Å²) < 4.78 is 16.2. The van der Waals surface area contributed by atoms with Gasteiger partial charge in [0.25, 0.3) is 0 Å². The average molecular weight is 226 g/mol. The fourth-order valence-electron chi connectivity index (χ4n) is 1.55. The van der Waals surface area contributed by atoms with Gasteiger partial charge >= 0.3 is 0 Å². The molecule has 0 N–H and O–H groups in total. The normalized spacial score (nSPS) is 18.8. The van der Waals surface area contributed by atoms with E-state index in [1.807, 2.05) is 0 Å². The van der Waals surface area contributed by atoms with E-state index < -0.39 is 0 Å². The zero-order chi connectivity index (χ0) is 11.6. The molecule has 1 unspecified atom stereocenters. The van der Waals surface area contributed by atoms with Gasteiger partial charge in [0.15, 0.2) is 5.76 Å². The maximum atomic E-state index is 5.57. The Morgan fingerprint density at radius 3 is 3.06 bits per heavy atom. The Labute approximate surface area is 98.1 Å². The Morgan fingerprint density at radius 1 is 1.44 bits per heavy atom. The summed E-state index contributed by atoms with van der Waals surface area (Å²) in [7, 11) is 0. The van der Waals surface area contributed by atoms with Crippen LogP contribution in [0.4, 0.5) is 0 Å². The van der Waals surface area contributed by atoms with Crippen molar-refractivity contribution in [2.75, 3.05) is 13.2 Å². The van der Waals surface area contributed by atoms with E-state index >= 15 is 0 Å². The second kappa shape index (κ2) is 8.22. The Kier molecular flexibility index (Phi) is 6.74. The van der Waals surface area contributed by atoms with Crippen LogP contribution >= 0.6 is 0 Å². The molecule has 16 heavy (non-hydrogen) atoms. The summed E-state index contributed by atoms with van der Waals surface area (Å²) in [6.45, 7) is 6.80. The maximum absolute atomic E-state index is 5.57. The molecule has 0 spiro atoms. The monoisotopic (exact) mass is 226 g/mol. The van der Waals surface area contributed by atoms with Crippen LogP contribution in [0.5, 0.6) is 0 Å². The van der Waals surface area contributed by atoms with Crippen LogP contribution in [-0.2, 0) is 14.2 Å². The molecule has 1 atom stereocenters. The number of ether oxygens (including phenoxy) is 3. The molecule has 0 aromatic rings. The molecule has 3 heteroatoms. The van der Waals surface area contributed by atoms with Gasteiger partial charge in [-0.1, -0.05) is 32.3 Å². The molecule has 0 aromatic heterocycles. The van der Waals surface area contributed by atoms with Gasteiger partial charge in [-0.15, -0.1) is 6.58 Å². The first-order valence-corrected chi connectivity index (χ1v) is 6.06. The van der Waals surface area contributed by atoms with Gasteiger partial charge in [0.2, 0.25) is 6.29 Å². The lowest BCUT2D eigenvalue weighted by Gasteiger charge is -2.11.